The standard InChI is InChI=1S/C13H16ClNO6S/c1-3-4-11(12(16)17)15-22(19,20)8-5-6-9(10(14)7-8)13(18)21-2/h5-7,11,15H,3-4H2,1-2H3,(H,16,17). The van der Waals surface area contributed by atoms with Crippen LogP contribution in [0.5, 0.6) is 0 Å². The van der Waals surface area contributed by atoms with Crippen molar-refractivity contribution in [1.82, 2.24) is 4.72 Å². The van der Waals surface area contributed by atoms with Gasteiger partial charge in [0.1, 0.15) is 6.04 Å². The second-order valence-corrected chi connectivity index (χ2v) is 6.56. The van der Waals surface area contributed by atoms with Crippen molar-refractivity contribution in [2.45, 2.75) is 30.7 Å². The zero-order valence-corrected chi connectivity index (χ0v) is 13.6. The third-order valence-electron chi connectivity index (χ3n) is 2.83. The molecule has 2 N–H and O–H groups in total. The number of rotatable bonds is 7. The monoisotopic (exact) mass is 349 g/mol. The summed E-state index contributed by atoms with van der Waals surface area (Å²) in [5, 5.41) is 8.90. The first-order valence-corrected chi connectivity index (χ1v) is 8.22. The molecule has 1 unspecified atom stereocenters. The number of ether oxygens (including phenoxy) is 1. The van der Waals surface area contributed by atoms with Crippen LogP contribution in [0.15, 0.2) is 23.1 Å². The number of halogens is 1. The first-order chi connectivity index (χ1) is 10.2. The van der Waals surface area contributed by atoms with E-state index >= 15 is 0 Å². The topological polar surface area (TPSA) is 110 Å². The summed E-state index contributed by atoms with van der Waals surface area (Å²) in [5.74, 6) is -1.96. The van der Waals surface area contributed by atoms with Gasteiger partial charge in [0.25, 0.3) is 0 Å². The van der Waals surface area contributed by atoms with Crippen LogP contribution in [0.25, 0.3) is 0 Å². The lowest BCUT2D eigenvalue weighted by atomic mass is 10.2. The van der Waals surface area contributed by atoms with Crippen molar-refractivity contribution < 1.29 is 27.9 Å². The number of aliphatic carboxylic acids is 1. The lowest BCUT2D eigenvalue weighted by Gasteiger charge is -2.14. The molecule has 0 bridgehead atoms. The van der Waals surface area contributed by atoms with Gasteiger partial charge in [-0.3, -0.25) is 4.79 Å². The summed E-state index contributed by atoms with van der Waals surface area (Å²) in [6, 6.07) is 2.21. The molecule has 0 radical (unpaired) electrons. The van der Waals surface area contributed by atoms with Gasteiger partial charge in [-0.25, -0.2) is 13.2 Å². The summed E-state index contributed by atoms with van der Waals surface area (Å²) < 4.78 is 31.0. The number of hydrogen-bond acceptors (Lipinski definition) is 5. The van der Waals surface area contributed by atoms with Crippen molar-refractivity contribution >= 4 is 33.6 Å². The van der Waals surface area contributed by atoms with Crippen LogP contribution in [0.1, 0.15) is 30.1 Å². The Morgan fingerprint density at radius 2 is 2.05 bits per heavy atom. The Balaban J connectivity index is 3.10. The number of hydrogen-bond donors (Lipinski definition) is 2. The number of carbonyl (C=O) groups is 2. The van der Waals surface area contributed by atoms with Crippen LogP contribution >= 0.6 is 11.6 Å². The fraction of sp³-hybridized carbons (Fsp3) is 0.385. The average molecular weight is 350 g/mol. The Labute approximate surface area is 133 Å². The second-order valence-electron chi connectivity index (χ2n) is 4.43. The average Bonchev–Trinajstić information content (AvgIpc) is 2.45. The van der Waals surface area contributed by atoms with Crippen LogP contribution < -0.4 is 4.72 Å². The van der Waals surface area contributed by atoms with E-state index in [9.17, 15) is 18.0 Å². The number of benzene rings is 1. The van der Waals surface area contributed by atoms with Gasteiger partial charge >= 0.3 is 11.9 Å². The molecule has 22 heavy (non-hydrogen) atoms. The zero-order valence-electron chi connectivity index (χ0n) is 12.0. The highest BCUT2D eigenvalue weighted by molar-refractivity contribution is 7.89. The molecule has 9 heteroatoms. The van der Waals surface area contributed by atoms with Crippen molar-refractivity contribution in [2.75, 3.05) is 7.11 Å². The van der Waals surface area contributed by atoms with Gasteiger partial charge in [-0.2, -0.15) is 4.72 Å². The maximum atomic E-state index is 12.2. The van der Waals surface area contributed by atoms with Crippen molar-refractivity contribution in [2.24, 2.45) is 0 Å². The van der Waals surface area contributed by atoms with Gasteiger partial charge in [0.2, 0.25) is 10.0 Å². The van der Waals surface area contributed by atoms with Crippen molar-refractivity contribution in [3.8, 4) is 0 Å². The number of carbonyl (C=O) groups excluding carboxylic acids is 1. The largest absolute Gasteiger partial charge is 0.480 e. The van der Waals surface area contributed by atoms with Crippen molar-refractivity contribution in [3.63, 3.8) is 0 Å². The first-order valence-electron chi connectivity index (χ1n) is 6.36. The Kier molecular flexibility index (Phi) is 6.34. The Hall–Kier alpha value is -1.64. The van der Waals surface area contributed by atoms with Gasteiger partial charge in [-0.1, -0.05) is 24.9 Å². The second kappa shape index (κ2) is 7.57. The van der Waals surface area contributed by atoms with E-state index in [2.05, 4.69) is 9.46 Å². The van der Waals surface area contributed by atoms with Crippen molar-refractivity contribution in [3.05, 3.63) is 28.8 Å². The predicted octanol–water partition coefficient (Wildman–Crippen LogP) is 1.66. The minimum Gasteiger partial charge on any atom is -0.480 e. The van der Waals surface area contributed by atoms with Crippen LogP contribution in [-0.4, -0.2) is 38.6 Å². The highest BCUT2D eigenvalue weighted by Gasteiger charge is 2.25. The molecule has 1 aromatic rings. The lowest BCUT2D eigenvalue weighted by molar-refractivity contribution is -0.139. The fourth-order valence-corrected chi connectivity index (χ4v) is 3.29. The van der Waals surface area contributed by atoms with Gasteiger partial charge in [0, 0.05) is 0 Å². The van der Waals surface area contributed by atoms with Gasteiger partial charge in [-0.15, -0.1) is 0 Å². The van der Waals surface area contributed by atoms with Crippen LogP contribution in [0.3, 0.4) is 0 Å². The minimum absolute atomic E-state index is 0.0199. The van der Waals surface area contributed by atoms with E-state index in [0.29, 0.717) is 6.42 Å². The van der Waals surface area contributed by atoms with Gasteiger partial charge in [0.05, 0.1) is 22.6 Å². The van der Waals surface area contributed by atoms with E-state index in [1.807, 2.05) is 0 Å². The Bertz CT molecular complexity index is 673. The molecule has 0 amide bonds. The van der Waals surface area contributed by atoms with E-state index in [0.717, 1.165) is 12.1 Å². The molecular formula is C13H16ClNO6S. The number of carboxylic acids is 1. The van der Waals surface area contributed by atoms with E-state index in [1.165, 1.54) is 13.2 Å². The molecule has 0 aliphatic carbocycles. The number of nitrogens with one attached hydrogen (secondary N) is 1. The maximum absolute atomic E-state index is 12.2. The van der Waals surface area contributed by atoms with Crippen LogP contribution in [0.2, 0.25) is 5.02 Å². The molecule has 1 atom stereocenters. The van der Waals surface area contributed by atoms with E-state index in [-0.39, 0.29) is 21.9 Å². The molecule has 122 valence electrons. The zero-order chi connectivity index (χ0) is 16.9. The predicted molar refractivity (Wildman–Crippen MR) is 79.4 cm³/mol. The van der Waals surface area contributed by atoms with Crippen molar-refractivity contribution in [1.29, 1.82) is 0 Å². The molecular weight excluding hydrogens is 334 g/mol. The van der Waals surface area contributed by atoms with Crippen LogP contribution in [-0.2, 0) is 19.6 Å². The summed E-state index contributed by atoms with van der Waals surface area (Å²) in [4.78, 5) is 22.2. The van der Waals surface area contributed by atoms with Gasteiger partial charge in [-0.05, 0) is 24.6 Å². The maximum Gasteiger partial charge on any atom is 0.339 e. The number of sulfonamides is 1. The number of carboxylic acid groups (broad SMARTS) is 1. The Morgan fingerprint density at radius 1 is 1.41 bits per heavy atom. The normalized spacial score (nSPS) is 12.7. The molecule has 0 spiro atoms. The summed E-state index contributed by atoms with van der Waals surface area (Å²) in [5.41, 5.74) is 0.0199. The SMILES string of the molecule is CCCC(NS(=O)(=O)c1ccc(C(=O)OC)c(Cl)c1)C(=O)O. The molecule has 1 aromatic carbocycles. The third kappa shape index (κ3) is 4.43. The molecule has 1 rings (SSSR count). The highest BCUT2D eigenvalue weighted by atomic mass is 35.5. The molecule has 0 fully saturated rings. The molecule has 0 saturated heterocycles. The van der Waals surface area contributed by atoms with Gasteiger partial charge < -0.3 is 9.84 Å². The lowest BCUT2D eigenvalue weighted by Crippen LogP contribution is -2.40. The molecule has 7 nitrogen and oxygen atoms in total. The van der Waals surface area contributed by atoms with E-state index in [4.69, 9.17) is 16.7 Å². The van der Waals surface area contributed by atoms with Crippen LogP contribution in [0, 0.1) is 0 Å². The third-order valence-corrected chi connectivity index (χ3v) is 4.61. The minimum atomic E-state index is -4.07. The first kappa shape index (κ1) is 18.4. The molecule has 0 aromatic heterocycles. The fourth-order valence-electron chi connectivity index (χ4n) is 1.72. The number of esters is 1. The molecule has 0 saturated carbocycles. The summed E-state index contributed by atoms with van der Waals surface area (Å²) >= 11 is 5.86. The summed E-state index contributed by atoms with van der Waals surface area (Å²) in [7, 11) is -2.89. The summed E-state index contributed by atoms with van der Waals surface area (Å²) in [6.07, 6.45) is 0.657. The molecule has 0 aliphatic heterocycles. The van der Waals surface area contributed by atoms with E-state index in [1.54, 1.807) is 6.92 Å². The molecule has 0 heterocycles. The molecule has 0 aliphatic rings. The Morgan fingerprint density at radius 3 is 2.50 bits per heavy atom. The van der Waals surface area contributed by atoms with Gasteiger partial charge in [0.15, 0.2) is 0 Å². The quantitative estimate of drug-likeness (QED) is 0.724. The highest BCUT2D eigenvalue weighted by Crippen LogP contribution is 2.22. The smallest absolute Gasteiger partial charge is 0.339 e. The van der Waals surface area contributed by atoms with E-state index < -0.39 is 28.0 Å². The summed E-state index contributed by atoms with van der Waals surface area (Å²) in [6.45, 7) is 1.74. The number of methoxy groups -OCH3 is 1. The van der Waals surface area contributed by atoms with Crippen LogP contribution in [0.4, 0.5) is 0 Å².